The van der Waals surface area contributed by atoms with E-state index in [1.807, 2.05) is 0 Å². The monoisotopic (exact) mass is 240 g/mol. The van der Waals surface area contributed by atoms with Crippen LogP contribution >= 0.6 is 0 Å². The number of aromatic carboxylic acids is 1. The molecule has 0 aliphatic heterocycles. The molecule has 5 N–H and O–H groups in total. The number of aliphatic hydroxyl groups excluding tert-OH is 2. The molecule has 0 radical (unpaired) electrons. The van der Waals surface area contributed by atoms with Gasteiger partial charge in [-0.25, -0.2) is 4.79 Å². The number of carbonyl (C=O) groups excluding carboxylic acids is 1. The van der Waals surface area contributed by atoms with Crippen LogP contribution < -0.4 is 5.73 Å². The van der Waals surface area contributed by atoms with Crippen molar-refractivity contribution >= 4 is 11.9 Å². The van der Waals surface area contributed by atoms with Gasteiger partial charge in [-0.05, 0) is 12.1 Å². The minimum Gasteiger partial charge on any atom is -0.478 e. The molecule has 2 unspecified atom stereocenters. The van der Waals surface area contributed by atoms with E-state index in [0.717, 1.165) is 0 Å². The van der Waals surface area contributed by atoms with Gasteiger partial charge in [-0.3, -0.25) is 9.78 Å². The third-order valence-corrected chi connectivity index (χ3v) is 2.12. The largest absolute Gasteiger partial charge is 0.478 e. The van der Waals surface area contributed by atoms with Crippen LogP contribution in [0.2, 0.25) is 0 Å². The number of aromatic nitrogens is 1. The summed E-state index contributed by atoms with van der Waals surface area (Å²) in [6.07, 6.45) is -2.26. The van der Waals surface area contributed by atoms with Gasteiger partial charge < -0.3 is 21.1 Å². The lowest BCUT2D eigenvalue weighted by Crippen LogP contribution is -2.27. The molecule has 17 heavy (non-hydrogen) atoms. The molecule has 1 aromatic rings. The van der Waals surface area contributed by atoms with E-state index >= 15 is 0 Å². The van der Waals surface area contributed by atoms with E-state index < -0.39 is 30.5 Å². The van der Waals surface area contributed by atoms with Gasteiger partial charge in [-0.1, -0.05) is 0 Å². The quantitative estimate of drug-likeness (QED) is 0.524. The maximum Gasteiger partial charge on any atom is 0.337 e. The van der Waals surface area contributed by atoms with Crippen molar-refractivity contribution in [2.24, 2.45) is 5.73 Å². The molecule has 7 nitrogen and oxygen atoms in total. The van der Waals surface area contributed by atoms with Crippen molar-refractivity contribution in [3.8, 4) is 0 Å². The Morgan fingerprint density at radius 2 is 2.06 bits per heavy atom. The van der Waals surface area contributed by atoms with E-state index in [9.17, 15) is 19.8 Å². The molecule has 0 bridgehead atoms. The predicted octanol–water partition coefficient (Wildman–Crippen LogP) is -0.951. The number of pyridine rings is 1. The van der Waals surface area contributed by atoms with Crippen molar-refractivity contribution < 1.29 is 24.9 Å². The van der Waals surface area contributed by atoms with Crippen LogP contribution in [0.4, 0.5) is 0 Å². The van der Waals surface area contributed by atoms with Crippen LogP contribution in [0.3, 0.4) is 0 Å². The molecule has 0 saturated carbocycles. The van der Waals surface area contributed by atoms with Gasteiger partial charge >= 0.3 is 5.97 Å². The number of aliphatic hydroxyl groups is 2. The van der Waals surface area contributed by atoms with Gasteiger partial charge in [-0.15, -0.1) is 0 Å². The lowest BCUT2D eigenvalue weighted by atomic mass is 10.0. The molecular formula is C10H12N2O5. The third-order valence-electron chi connectivity index (χ3n) is 2.12. The number of nitrogens with zero attached hydrogens (tertiary/aromatic N) is 1. The highest BCUT2D eigenvalue weighted by Crippen LogP contribution is 2.20. The standard InChI is InChI=1S/C10H12N2O5/c11-7(14)4-6(13)9(15)8-5(10(16)17)2-1-3-12-8/h1-3,6,9,13,15H,4H2,(H2,11,14)(H,16,17). The summed E-state index contributed by atoms with van der Waals surface area (Å²) in [7, 11) is 0. The number of primary amides is 1. The highest BCUT2D eigenvalue weighted by Gasteiger charge is 2.25. The zero-order valence-corrected chi connectivity index (χ0v) is 8.78. The van der Waals surface area contributed by atoms with Gasteiger partial charge in [0.2, 0.25) is 5.91 Å². The first-order chi connectivity index (χ1) is 7.93. The Hall–Kier alpha value is -1.99. The summed E-state index contributed by atoms with van der Waals surface area (Å²) < 4.78 is 0. The molecule has 7 heteroatoms. The summed E-state index contributed by atoms with van der Waals surface area (Å²) in [6.45, 7) is 0. The Labute approximate surface area is 96.5 Å². The van der Waals surface area contributed by atoms with E-state index in [-0.39, 0.29) is 11.3 Å². The second-order valence-corrected chi connectivity index (χ2v) is 3.42. The fourth-order valence-corrected chi connectivity index (χ4v) is 1.33. The fraction of sp³-hybridized carbons (Fsp3) is 0.300. The average molecular weight is 240 g/mol. The van der Waals surface area contributed by atoms with Crippen LogP contribution in [0.5, 0.6) is 0 Å². The van der Waals surface area contributed by atoms with E-state index in [4.69, 9.17) is 10.8 Å². The third kappa shape index (κ3) is 3.23. The van der Waals surface area contributed by atoms with Gasteiger partial charge in [0.1, 0.15) is 6.10 Å². The molecule has 1 aromatic heterocycles. The van der Waals surface area contributed by atoms with Crippen molar-refractivity contribution in [2.45, 2.75) is 18.6 Å². The topological polar surface area (TPSA) is 134 Å². The van der Waals surface area contributed by atoms with Gasteiger partial charge in [-0.2, -0.15) is 0 Å². The number of nitrogens with two attached hydrogens (primary N) is 1. The zero-order chi connectivity index (χ0) is 13.0. The van der Waals surface area contributed by atoms with Gasteiger partial charge in [0.15, 0.2) is 0 Å². The van der Waals surface area contributed by atoms with E-state index in [1.165, 1.54) is 18.3 Å². The molecule has 1 amide bonds. The van der Waals surface area contributed by atoms with Crippen molar-refractivity contribution in [3.05, 3.63) is 29.6 Å². The number of amides is 1. The smallest absolute Gasteiger partial charge is 0.337 e. The highest BCUT2D eigenvalue weighted by atomic mass is 16.4. The summed E-state index contributed by atoms with van der Waals surface area (Å²) in [5, 5.41) is 28.0. The average Bonchev–Trinajstić information content (AvgIpc) is 2.27. The second kappa shape index (κ2) is 5.37. The predicted molar refractivity (Wildman–Crippen MR) is 56.0 cm³/mol. The van der Waals surface area contributed by atoms with Gasteiger partial charge in [0.25, 0.3) is 0 Å². The number of hydrogen-bond acceptors (Lipinski definition) is 5. The maximum absolute atomic E-state index is 10.8. The minimum absolute atomic E-state index is 0.200. The number of rotatable bonds is 5. The number of hydrogen-bond donors (Lipinski definition) is 4. The Balaban J connectivity index is 2.99. The summed E-state index contributed by atoms with van der Waals surface area (Å²) in [6, 6.07) is 2.63. The Bertz CT molecular complexity index is 434. The fourth-order valence-electron chi connectivity index (χ4n) is 1.33. The Kier molecular flexibility index (Phi) is 4.13. The van der Waals surface area contributed by atoms with Gasteiger partial charge in [0.05, 0.1) is 23.8 Å². The molecule has 0 spiro atoms. The number of carbonyl (C=O) groups is 2. The Morgan fingerprint density at radius 3 is 2.59 bits per heavy atom. The van der Waals surface area contributed by atoms with E-state index in [0.29, 0.717) is 0 Å². The molecule has 2 atom stereocenters. The molecule has 0 aliphatic carbocycles. The van der Waals surface area contributed by atoms with Crippen molar-refractivity contribution in [2.75, 3.05) is 0 Å². The SMILES string of the molecule is NC(=O)CC(O)C(O)c1ncccc1C(=O)O. The lowest BCUT2D eigenvalue weighted by Gasteiger charge is -2.17. The molecule has 0 aliphatic rings. The summed E-state index contributed by atoms with van der Waals surface area (Å²) in [5.41, 5.74) is 4.43. The first kappa shape index (κ1) is 13.1. The molecule has 0 fully saturated rings. The first-order valence-corrected chi connectivity index (χ1v) is 4.76. The normalized spacial score (nSPS) is 14.0. The van der Waals surface area contributed by atoms with Crippen LogP contribution in [0.25, 0.3) is 0 Å². The number of carboxylic acids is 1. The van der Waals surface area contributed by atoms with Crippen LogP contribution in [0.1, 0.15) is 28.6 Å². The summed E-state index contributed by atoms with van der Waals surface area (Å²) in [5.74, 6) is -2.08. The van der Waals surface area contributed by atoms with Crippen LogP contribution in [-0.4, -0.2) is 38.3 Å². The lowest BCUT2D eigenvalue weighted by molar-refractivity contribution is -0.121. The summed E-state index contributed by atoms with van der Waals surface area (Å²) >= 11 is 0. The minimum atomic E-state index is -1.57. The zero-order valence-electron chi connectivity index (χ0n) is 8.78. The molecule has 0 aromatic carbocycles. The summed E-state index contributed by atoms with van der Waals surface area (Å²) in [4.78, 5) is 25.1. The maximum atomic E-state index is 10.8. The van der Waals surface area contributed by atoms with Crippen LogP contribution in [0.15, 0.2) is 18.3 Å². The van der Waals surface area contributed by atoms with Crippen molar-refractivity contribution in [1.82, 2.24) is 4.98 Å². The molecular weight excluding hydrogens is 228 g/mol. The van der Waals surface area contributed by atoms with E-state index in [1.54, 1.807) is 0 Å². The molecule has 92 valence electrons. The first-order valence-electron chi connectivity index (χ1n) is 4.76. The van der Waals surface area contributed by atoms with Crippen molar-refractivity contribution in [3.63, 3.8) is 0 Å². The molecule has 0 saturated heterocycles. The highest BCUT2D eigenvalue weighted by molar-refractivity contribution is 5.89. The number of carboxylic acid groups (broad SMARTS) is 1. The molecule has 1 heterocycles. The van der Waals surface area contributed by atoms with E-state index in [2.05, 4.69) is 4.98 Å². The van der Waals surface area contributed by atoms with Gasteiger partial charge in [0, 0.05) is 6.20 Å². The van der Waals surface area contributed by atoms with Crippen LogP contribution in [-0.2, 0) is 4.79 Å². The van der Waals surface area contributed by atoms with Crippen molar-refractivity contribution in [1.29, 1.82) is 0 Å². The van der Waals surface area contributed by atoms with Crippen LogP contribution in [0, 0.1) is 0 Å². The molecule has 1 rings (SSSR count). The second-order valence-electron chi connectivity index (χ2n) is 3.42. The Morgan fingerprint density at radius 1 is 1.41 bits per heavy atom.